The number of benzene rings is 3. The summed E-state index contributed by atoms with van der Waals surface area (Å²) in [6.45, 7) is 4.33. The van der Waals surface area contributed by atoms with Gasteiger partial charge in [-0.05, 0) is 90.7 Å². The predicted molar refractivity (Wildman–Crippen MR) is 155 cm³/mol. The number of aliphatic hydroxyl groups is 1. The molecule has 1 unspecified atom stereocenters. The molecular formula is C32H42N2O5. The molecule has 0 aliphatic heterocycles. The van der Waals surface area contributed by atoms with Gasteiger partial charge in [0.1, 0.15) is 23.9 Å². The van der Waals surface area contributed by atoms with Gasteiger partial charge in [-0.3, -0.25) is 0 Å². The fraction of sp³-hybridized carbons (Fsp3) is 0.438. The Morgan fingerprint density at radius 2 is 1.74 bits per heavy atom. The fourth-order valence-electron chi connectivity index (χ4n) is 5.30. The number of rotatable bonds is 15. The van der Waals surface area contributed by atoms with Gasteiger partial charge in [0.15, 0.2) is 0 Å². The van der Waals surface area contributed by atoms with Crippen LogP contribution in [0.2, 0.25) is 0 Å². The maximum atomic E-state index is 9.96. The van der Waals surface area contributed by atoms with Gasteiger partial charge in [0, 0.05) is 45.1 Å². The van der Waals surface area contributed by atoms with Crippen molar-refractivity contribution < 1.29 is 24.4 Å². The van der Waals surface area contributed by atoms with Gasteiger partial charge in [0.25, 0.3) is 0 Å². The van der Waals surface area contributed by atoms with Crippen molar-refractivity contribution in [3.63, 3.8) is 0 Å². The number of aryl methyl sites for hydroxylation is 1. The van der Waals surface area contributed by atoms with Crippen molar-refractivity contribution in [2.75, 3.05) is 58.6 Å². The minimum atomic E-state index is 0.0575. The van der Waals surface area contributed by atoms with Crippen LogP contribution in [0, 0.1) is 0 Å². The predicted octanol–water partition coefficient (Wildman–Crippen LogP) is 4.68. The molecule has 0 heterocycles. The highest BCUT2D eigenvalue weighted by molar-refractivity contribution is 5.60. The molecule has 0 saturated heterocycles. The average Bonchev–Trinajstić information content (AvgIpc) is 2.96. The average molecular weight is 535 g/mol. The highest BCUT2D eigenvalue weighted by Gasteiger charge is 2.25. The number of ether oxygens (including phenoxy) is 3. The molecule has 1 atom stereocenters. The summed E-state index contributed by atoms with van der Waals surface area (Å²) in [7, 11) is 3.40. The van der Waals surface area contributed by atoms with Crippen LogP contribution in [0.15, 0.2) is 60.7 Å². The van der Waals surface area contributed by atoms with Gasteiger partial charge in [-0.1, -0.05) is 24.3 Å². The number of phenols is 1. The number of nitrogens with one attached hydrogen (secondary N) is 1. The molecule has 3 aromatic rings. The van der Waals surface area contributed by atoms with Gasteiger partial charge in [0.2, 0.25) is 0 Å². The molecule has 0 spiro atoms. The van der Waals surface area contributed by atoms with Crippen LogP contribution >= 0.6 is 0 Å². The third-order valence-electron chi connectivity index (χ3n) is 7.35. The van der Waals surface area contributed by atoms with E-state index in [-0.39, 0.29) is 6.61 Å². The molecule has 4 rings (SSSR count). The van der Waals surface area contributed by atoms with Gasteiger partial charge < -0.3 is 34.6 Å². The maximum absolute atomic E-state index is 9.96. The zero-order chi connectivity index (χ0) is 27.5. The molecule has 0 radical (unpaired) electrons. The van der Waals surface area contributed by atoms with Crippen LogP contribution in [0.1, 0.15) is 41.0 Å². The lowest BCUT2D eigenvalue weighted by atomic mass is 9.79. The molecular weight excluding hydrogens is 492 g/mol. The van der Waals surface area contributed by atoms with Crippen molar-refractivity contribution in [2.24, 2.45) is 0 Å². The first kappa shape index (κ1) is 28.7. The van der Waals surface area contributed by atoms with E-state index < -0.39 is 0 Å². The summed E-state index contributed by atoms with van der Waals surface area (Å²) >= 11 is 0. The van der Waals surface area contributed by atoms with E-state index in [4.69, 9.17) is 14.2 Å². The first-order chi connectivity index (χ1) is 19.1. The number of hydrogen-bond donors (Lipinski definition) is 3. The SMILES string of the molecule is COCCCNCCOc1ccc(CN(CCO)c2cc(OC)ccc2C2CCc3cc(O)ccc3C2)cc1. The number of nitrogens with zero attached hydrogens (tertiary/aromatic N) is 1. The molecule has 0 aromatic heterocycles. The minimum Gasteiger partial charge on any atom is -0.508 e. The fourth-order valence-corrected chi connectivity index (χ4v) is 5.30. The van der Waals surface area contributed by atoms with E-state index in [1.807, 2.05) is 30.3 Å². The van der Waals surface area contributed by atoms with Crippen LogP contribution in [0.25, 0.3) is 0 Å². The van der Waals surface area contributed by atoms with Crippen molar-refractivity contribution in [1.82, 2.24) is 5.32 Å². The Balaban J connectivity index is 1.45. The monoisotopic (exact) mass is 534 g/mol. The minimum absolute atomic E-state index is 0.0575. The summed E-state index contributed by atoms with van der Waals surface area (Å²) in [5.74, 6) is 2.33. The van der Waals surface area contributed by atoms with Crippen molar-refractivity contribution in [3.05, 3.63) is 82.9 Å². The van der Waals surface area contributed by atoms with Gasteiger partial charge >= 0.3 is 0 Å². The van der Waals surface area contributed by atoms with E-state index in [1.54, 1.807) is 20.3 Å². The molecule has 7 nitrogen and oxygen atoms in total. The summed E-state index contributed by atoms with van der Waals surface area (Å²) in [5.41, 5.74) is 6.03. The first-order valence-corrected chi connectivity index (χ1v) is 13.9. The molecule has 3 N–H and O–H groups in total. The summed E-state index contributed by atoms with van der Waals surface area (Å²) in [5, 5.41) is 23.2. The van der Waals surface area contributed by atoms with Gasteiger partial charge in [0.05, 0.1) is 13.7 Å². The molecule has 0 saturated carbocycles. The highest BCUT2D eigenvalue weighted by Crippen LogP contribution is 2.40. The molecule has 210 valence electrons. The first-order valence-electron chi connectivity index (χ1n) is 13.9. The molecule has 0 amide bonds. The van der Waals surface area contributed by atoms with Crippen LogP contribution in [0.3, 0.4) is 0 Å². The number of aliphatic hydroxyl groups excluding tert-OH is 1. The van der Waals surface area contributed by atoms with E-state index >= 15 is 0 Å². The van der Waals surface area contributed by atoms with E-state index in [9.17, 15) is 10.2 Å². The van der Waals surface area contributed by atoms with Crippen molar-refractivity contribution in [1.29, 1.82) is 0 Å². The van der Waals surface area contributed by atoms with Gasteiger partial charge in [-0.2, -0.15) is 0 Å². The topological polar surface area (TPSA) is 83.4 Å². The van der Waals surface area contributed by atoms with E-state index in [1.165, 1.54) is 16.7 Å². The number of phenolic OH excluding ortho intramolecular Hbond substituents is 1. The standard InChI is InChI=1S/C32H42N2O5/c1-37-18-3-14-33-15-19-39-29-10-4-24(5-11-29)23-34(16-17-35)32-22-30(38-2)12-13-31(32)27-7-6-26-21-28(36)9-8-25(26)20-27/h4-5,8-13,21-22,27,33,35-36H,3,6-7,14-20,23H2,1-2H3. The largest absolute Gasteiger partial charge is 0.508 e. The number of aromatic hydroxyl groups is 1. The quantitative estimate of drug-likeness (QED) is 0.244. The van der Waals surface area contributed by atoms with Crippen molar-refractivity contribution in [2.45, 2.75) is 38.1 Å². The Kier molecular flexibility index (Phi) is 10.9. The zero-order valence-electron chi connectivity index (χ0n) is 23.2. The third-order valence-corrected chi connectivity index (χ3v) is 7.35. The Hall–Kier alpha value is -3.26. The smallest absolute Gasteiger partial charge is 0.120 e. The number of methoxy groups -OCH3 is 2. The molecule has 0 fully saturated rings. The van der Waals surface area contributed by atoms with Crippen LogP contribution in [-0.2, 0) is 24.1 Å². The lowest BCUT2D eigenvalue weighted by Gasteiger charge is -2.32. The molecule has 1 aliphatic rings. The van der Waals surface area contributed by atoms with Crippen molar-refractivity contribution in [3.8, 4) is 17.2 Å². The van der Waals surface area contributed by atoms with Crippen LogP contribution < -0.4 is 19.7 Å². The Bertz CT molecular complexity index is 1170. The van der Waals surface area contributed by atoms with Crippen molar-refractivity contribution >= 4 is 5.69 Å². The van der Waals surface area contributed by atoms with Crippen LogP contribution in [0.5, 0.6) is 17.2 Å². The second-order valence-corrected chi connectivity index (χ2v) is 10.1. The molecule has 1 aliphatic carbocycles. The summed E-state index contributed by atoms with van der Waals surface area (Å²) in [4.78, 5) is 2.24. The second-order valence-electron chi connectivity index (χ2n) is 10.1. The lowest BCUT2D eigenvalue weighted by Crippen LogP contribution is -2.28. The molecule has 0 bridgehead atoms. The molecule has 3 aromatic carbocycles. The third kappa shape index (κ3) is 8.12. The van der Waals surface area contributed by atoms with E-state index in [0.29, 0.717) is 31.4 Å². The summed E-state index contributed by atoms with van der Waals surface area (Å²) in [6.07, 6.45) is 3.86. The highest BCUT2D eigenvalue weighted by atomic mass is 16.5. The van der Waals surface area contributed by atoms with Gasteiger partial charge in [-0.15, -0.1) is 0 Å². The number of hydrogen-bond acceptors (Lipinski definition) is 7. The molecule has 39 heavy (non-hydrogen) atoms. The Morgan fingerprint density at radius 1 is 0.923 bits per heavy atom. The zero-order valence-corrected chi connectivity index (χ0v) is 23.2. The summed E-state index contributed by atoms with van der Waals surface area (Å²) < 4.78 is 16.5. The van der Waals surface area contributed by atoms with E-state index in [2.05, 4.69) is 34.5 Å². The Morgan fingerprint density at radius 3 is 2.51 bits per heavy atom. The summed E-state index contributed by atoms with van der Waals surface area (Å²) in [6, 6.07) is 20.2. The number of anilines is 1. The Labute approximate surface area is 232 Å². The molecule has 7 heteroatoms. The maximum Gasteiger partial charge on any atom is 0.120 e. The van der Waals surface area contributed by atoms with Crippen LogP contribution in [-0.4, -0.2) is 63.9 Å². The number of fused-ring (bicyclic) bond motifs is 1. The van der Waals surface area contributed by atoms with Gasteiger partial charge in [-0.25, -0.2) is 0 Å². The normalized spacial score (nSPS) is 14.6. The van der Waals surface area contributed by atoms with E-state index in [0.717, 1.165) is 68.1 Å². The lowest BCUT2D eigenvalue weighted by molar-refractivity contribution is 0.193. The second kappa shape index (κ2) is 14.8. The van der Waals surface area contributed by atoms with Crippen LogP contribution in [0.4, 0.5) is 5.69 Å².